The van der Waals surface area contributed by atoms with Gasteiger partial charge in [-0.25, -0.2) is 4.79 Å². The molecule has 0 fully saturated rings. The Morgan fingerprint density at radius 2 is 1.50 bits per heavy atom. The molecule has 0 saturated heterocycles. The van der Waals surface area contributed by atoms with Gasteiger partial charge in [0.15, 0.2) is 23.0 Å². The Labute approximate surface area is 187 Å². The number of hydrogen-bond donors (Lipinski definition) is 0. The normalized spacial score (nSPS) is 10.8. The third-order valence-electron chi connectivity index (χ3n) is 4.77. The second-order valence-corrected chi connectivity index (χ2v) is 6.91. The van der Waals surface area contributed by atoms with Gasteiger partial charge in [0.1, 0.15) is 0 Å². The van der Waals surface area contributed by atoms with Gasteiger partial charge in [0, 0.05) is 0 Å². The Bertz CT molecular complexity index is 1210. The average molecular weight is 429 g/mol. The van der Waals surface area contributed by atoms with Crippen LogP contribution in [0.25, 0.3) is 11.6 Å². The van der Waals surface area contributed by atoms with Gasteiger partial charge in [-0.1, -0.05) is 23.8 Å². The number of benzene rings is 3. The van der Waals surface area contributed by atoms with Crippen LogP contribution in [0, 0.1) is 18.3 Å². The predicted molar refractivity (Wildman–Crippen MR) is 122 cm³/mol. The fraction of sp³-hybridized carbons (Fsp3) is 0.154. The summed E-state index contributed by atoms with van der Waals surface area (Å²) in [4.78, 5) is 12.5. The first-order chi connectivity index (χ1) is 15.5. The van der Waals surface area contributed by atoms with Crippen molar-refractivity contribution in [1.29, 1.82) is 5.26 Å². The molecule has 32 heavy (non-hydrogen) atoms. The van der Waals surface area contributed by atoms with Crippen molar-refractivity contribution in [3.05, 3.63) is 82.9 Å². The second-order valence-electron chi connectivity index (χ2n) is 6.91. The van der Waals surface area contributed by atoms with Crippen LogP contribution in [0.1, 0.15) is 27.0 Å². The molecule has 0 aliphatic carbocycles. The molecule has 0 N–H and O–H groups in total. The molecule has 0 spiro atoms. The summed E-state index contributed by atoms with van der Waals surface area (Å²) in [7, 11) is 4.59. The third kappa shape index (κ3) is 5.08. The number of carbonyl (C=O) groups is 1. The number of carbonyl (C=O) groups excluding carboxylic acids is 1. The van der Waals surface area contributed by atoms with Crippen molar-refractivity contribution < 1.29 is 23.7 Å². The zero-order chi connectivity index (χ0) is 23.1. The van der Waals surface area contributed by atoms with E-state index in [9.17, 15) is 10.1 Å². The van der Waals surface area contributed by atoms with Crippen molar-refractivity contribution in [2.24, 2.45) is 0 Å². The van der Waals surface area contributed by atoms with Crippen LogP contribution in [0.5, 0.6) is 23.0 Å². The Morgan fingerprint density at radius 3 is 2.16 bits per heavy atom. The van der Waals surface area contributed by atoms with Gasteiger partial charge < -0.3 is 18.9 Å². The molecule has 0 heterocycles. The van der Waals surface area contributed by atoms with Crippen LogP contribution in [0.4, 0.5) is 0 Å². The molecule has 0 unspecified atom stereocenters. The van der Waals surface area contributed by atoms with Gasteiger partial charge in [-0.15, -0.1) is 0 Å². The summed E-state index contributed by atoms with van der Waals surface area (Å²) in [6, 6.07) is 19.7. The highest BCUT2D eigenvalue weighted by molar-refractivity contribution is 5.92. The Kier molecular flexibility index (Phi) is 7.14. The van der Waals surface area contributed by atoms with Gasteiger partial charge in [-0.2, -0.15) is 5.26 Å². The number of ether oxygens (including phenoxy) is 4. The van der Waals surface area contributed by atoms with E-state index in [0.29, 0.717) is 45.3 Å². The molecule has 162 valence electrons. The highest BCUT2D eigenvalue weighted by Crippen LogP contribution is 2.33. The fourth-order valence-corrected chi connectivity index (χ4v) is 3.14. The molecule has 3 rings (SSSR count). The van der Waals surface area contributed by atoms with Crippen LogP contribution < -0.4 is 18.9 Å². The van der Waals surface area contributed by atoms with Crippen LogP contribution in [-0.4, -0.2) is 27.3 Å². The van der Waals surface area contributed by atoms with Gasteiger partial charge in [0.05, 0.1) is 38.5 Å². The average Bonchev–Trinajstić information content (AvgIpc) is 2.82. The third-order valence-corrected chi connectivity index (χ3v) is 4.77. The Hall–Kier alpha value is -4.24. The molecule has 0 aromatic heterocycles. The van der Waals surface area contributed by atoms with Crippen molar-refractivity contribution in [3.63, 3.8) is 0 Å². The van der Waals surface area contributed by atoms with E-state index >= 15 is 0 Å². The first-order valence-corrected chi connectivity index (χ1v) is 9.80. The predicted octanol–water partition coefficient (Wildman–Crippen LogP) is 5.30. The molecule has 0 aliphatic rings. The van der Waals surface area contributed by atoms with Crippen LogP contribution >= 0.6 is 0 Å². The van der Waals surface area contributed by atoms with Crippen molar-refractivity contribution >= 4 is 17.6 Å². The summed E-state index contributed by atoms with van der Waals surface area (Å²) < 4.78 is 21.5. The van der Waals surface area contributed by atoms with Crippen molar-refractivity contribution in [1.82, 2.24) is 0 Å². The monoisotopic (exact) mass is 429 g/mol. The molecule has 0 amide bonds. The lowest BCUT2D eigenvalue weighted by molar-refractivity contribution is 0.0729. The molecule has 0 aliphatic heterocycles. The number of esters is 1. The quantitative estimate of drug-likeness (QED) is 0.219. The number of nitrogens with zero attached hydrogens (tertiary/aromatic N) is 1. The summed E-state index contributed by atoms with van der Waals surface area (Å²) >= 11 is 0. The molecule has 6 heteroatoms. The number of allylic oxidation sites excluding steroid dienone is 1. The first-order valence-electron chi connectivity index (χ1n) is 9.80. The lowest BCUT2D eigenvalue weighted by Crippen LogP contribution is -2.09. The van der Waals surface area contributed by atoms with Gasteiger partial charge >= 0.3 is 5.97 Å². The van der Waals surface area contributed by atoms with Crippen molar-refractivity contribution in [2.75, 3.05) is 21.3 Å². The summed E-state index contributed by atoms with van der Waals surface area (Å²) in [5.74, 6) is 1.31. The molecular formula is C26H23NO5. The van der Waals surface area contributed by atoms with Crippen molar-refractivity contribution in [2.45, 2.75) is 6.92 Å². The SMILES string of the molecule is COc1ccc(/C(C#N)=C\c2ccc(OC(=O)c3cccc(C)c3)c(OC)c2)cc1OC. The van der Waals surface area contributed by atoms with Crippen molar-refractivity contribution in [3.8, 4) is 29.1 Å². The van der Waals surface area contributed by atoms with E-state index in [-0.39, 0.29) is 0 Å². The lowest BCUT2D eigenvalue weighted by Gasteiger charge is -2.11. The summed E-state index contributed by atoms with van der Waals surface area (Å²) in [5.41, 5.74) is 3.24. The summed E-state index contributed by atoms with van der Waals surface area (Å²) in [6.07, 6.45) is 1.72. The fourth-order valence-electron chi connectivity index (χ4n) is 3.14. The van der Waals surface area contributed by atoms with E-state index in [1.165, 1.54) is 7.11 Å². The van der Waals surface area contributed by atoms with Crippen LogP contribution in [0.15, 0.2) is 60.7 Å². The van der Waals surface area contributed by atoms with Crippen LogP contribution in [0.3, 0.4) is 0 Å². The highest BCUT2D eigenvalue weighted by Gasteiger charge is 2.14. The van der Waals surface area contributed by atoms with E-state index in [4.69, 9.17) is 18.9 Å². The minimum Gasteiger partial charge on any atom is -0.493 e. The minimum atomic E-state index is -0.474. The van der Waals surface area contributed by atoms with E-state index < -0.39 is 5.97 Å². The lowest BCUT2D eigenvalue weighted by atomic mass is 10.0. The summed E-state index contributed by atoms with van der Waals surface area (Å²) in [5, 5.41) is 9.69. The maximum Gasteiger partial charge on any atom is 0.343 e. The van der Waals surface area contributed by atoms with E-state index in [1.807, 2.05) is 13.0 Å². The number of nitriles is 1. The van der Waals surface area contributed by atoms with Gasteiger partial charge in [-0.3, -0.25) is 0 Å². The molecule has 0 atom stereocenters. The second kappa shape index (κ2) is 10.2. The zero-order valence-corrected chi connectivity index (χ0v) is 18.3. The Morgan fingerprint density at radius 1 is 0.812 bits per heavy atom. The highest BCUT2D eigenvalue weighted by atomic mass is 16.6. The summed E-state index contributed by atoms with van der Waals surface area (Å²) in [6.45, 7) is 1.91. The molecular weight excluding hydrogens is 406 g/mol. The molecule has 3 aromatic carbocycles. The maximum atomic E-state index is 12.5. The molecule has 0 bridgehead atoms. The van der Waals surface area contributed by atoms with E-state index in [0.717, 1.165) is 5.56 Å². The Balaban J connectivity index is 1.89. The van der Waals surface area contributed by atoms with Gasteiger partial charge in [-0.05, 0) is 66.6 Å². The topological polar surface area (TPSA) is 77.8 Å². The zero-order valence-electron chi connectivity index (χ0n) is 18.3. The largest absolute Gasteiger partial charge is 0.493 e. The van der Waals surface area contributed by atoms with Crippen LogP contribution in [-0.2, 0) is 0 Å². The first kappa shape index (κ1) is 22.4. The smallest absolute Gasteiger partial charge is 0.343 e. The molecule has 3 aromatic rings. The number of hydrogen-bond acceptors (Lipinski definition) is 6. The van der Waals surface area contributed by atoms with Crippen LogP contribution in [0.2, 0.25) is 0 Å². The molecule has 6 nitrogen and oxygen atoms in total. The van der Waals surface area contributed by atoms with E-state index in [2.05, 4.69) is 6.07 Å². The van der Waals surface area contributed by atoms with E-state index in [1.54, 1.807) is 74.9 Å². The van der Waals surface area contributed by atoms with Gasteiger partial charge in [0.2, 0.25) is 0 Å². The molecule has 0 radical (unpaired) electrons. The minimum absolute atomic E-state index is 0.292. The number of rotatable bonds is 7. The standard InChI is InChI=1S/C26H23NO5/c1-17-6-5-7-20(12-17)26(28)32-23-10-8-18(14-24(23)30-3)13-21(16-27)19-9-11-22(29-2)25(15-19)31-4/h5-15H,1-4H3/b21-13-. The van der Waals surface area contributed by atoms with Gasteiger partial charge in [0.25, 0.3) is 0 Å². The number of aryl methyl sites for hydroxylation is 1. The molecule has 0 saturated carbocycles. The number of methoxy groups -OCH3 is 3. The maximum absolute atomic E-state index is 12.5.